The minimum absolute atomic E-state index is 0.0904. The van der Waals surface area contributed by atoms with E-state index in [1.165, 1.54) is 5.70 Å². The summed E-state index contributed by atoms with van der Waals surface area (Å²) >= 11 is 0. The molecule has 32 heavy (non-hydrogen) atoms. The predicted octanol–water partition coefficient (Wildman–Crippen LogP) is 1.90. The molecule has 0 aromatic heterocycles. The summed E-state index contributed by atoms with van der Waals surface area (Å²) in [5, 5.41) is 8.45. The minimum atomic E-state index is -0.0904. The van der Waals surface area contributed by atoms with Crippen molar-refractivity contribution in [2.75, 3.05) is 33.1 Å². The number of hydrogen-bond donors (Lipinski definition) is 4. The summed E-state index contributed by atoms with van der Waals surface area (Å²) in [4.78, 5) is 8.15. The number of nitrogens with zero attached hydrogens (tertiary/aromatic N) is 5. The molecule has 0 aliphatic heterocycles. The van der Waals surface area contributed by atoms with Crippen molar-refractivity contribution in [2.24, 2.45) is 32.6 Å². The fourth-order valence-electron chi connectivity index (χ4n) is 2.74. The van der Waals surface area contributed by atoms with Crippen molar-refractivity contribution in [1.29, 1.82) is 0 Å². The van der Waals surface area contributed by atoms with Gasteiger partial charge in [0.2, 0.25) is 0 Å². The number of allylic oxidation sites excluding steroid dienone is 4. The summed E-state index contributed by atoms with van der Waals surface area (Å²) in [6.45, 7) is 3.92. The normalized spacial score (nSPS) is 16.1. The largest absolute Gasteiger partial charge is 0.378 e. The number of nitrogens with one attached hydrogen (secondary N) is 2. The Bertz CT molecular complexity index is 944. The highest BCUT2D eigenvalue weighted by Crippen LogP contribution is 2.16. The van der Waals surface area contributed by atoms with Crippen molar-refractivity contribution in [1.82, 2.24) is 15.8 Å². The van der Waals surface area contributed by atoms with Gasteiger partial charge in [0.05, 0.1) is 11.9 Å². The molecule has 0 saturated carbocycles. The number of benzene rings is 1. The number of nitrogens with two attached hydrogens (primary N) is 2. The molecule has 0 heterocycles. The van der Waals surface area contributed by atoms with Crippen molar-refractivity contribution in [2.45, 2.75) is 6.42 Å². The topological polar surface area (TPSA) is 120 Å². The van der Waals surface area contributed by atoms with Gasteiger partial charge in [0.1, 0.15) is 0 Å². The number of likely N-dealkylation sites (N-methyl/N-ethyl adjacent to an activating group) is 1. The van der Waals surface area contributed by atoms with Crippen LogP contribution in [0.15, 0.2) is 87.6 Å². The molecule has 0 spiro atoms. The first kappa shape index (κ1) is 24.3. The number of aliphatic imine (C=N–C) groups is 1. The Labute approximate surface area is 190 Å². The van der Waals surface area contributed by atoms with E-state index in [0.29, 0.717) is 11.5 Å². The molecule has 0 fully saturated rings. The van der Waals surface area contributed by atoms with Gasteiger partial charge >= 0.3 is 0 Å². The van der Waals surface area contributed by atoms with E-state index in [9.17, 15) is 0 Å². The lowest BCUT2D eigenvalue weighted by atomic mass is 10.0. The Morgan fingerprint density at radius 1 is 1.06 bits per heavy atom. The van der Waals surface area contributed by atoms with Gasteiger partial charge in [0.15, 0.2) is 11.8 Å². The predicted molar refractivity (Wildman–Crippen MR) is 135 cm³/mol. The number of guanidine groups is 1. The summed E-state index contributed by atoms with van der Waals surface area (Å²) in [7, 11) is 8.03. The number of rotatable bonds is 10. The Balaban J connectivity index is 1.93. The third kappa shape index (κ3) is 8.39. The standard InChI is InChI=1S/C23H33N9/c1-17(29-26-15-18-6-10-20(11-7-18)31(2)3)14-22(28-23(24)25)30-27-16-19-8-12-21(13-9-19)32(4)5/h6-8,10-16,19,29-30H,1,9H2,2-5H3,(H4,24,25,28)/b22-14+,26-15+,27-16+. The van der Waals surface area contributed by atoms with Crippen LogP contribution in [0.25, 0.3) is 0 Å². The molecule has 1 unspecified atom stereocenters. The molecule has 0 bridgehead atoms. The van der Waals surface area contributed by atoms with Crippen molar-refractivity contribution >= 4 is 24.1 Å². The van der Waals surface area contributed by atoms with Gasteiger partial charge in [-0.2, -0.15) is 15.2 Å². The van der Waals surface area contributed by atoms with Gasteiger partial charge in [0, 0.05) is 57.8 Å². The molecule has 9 heteroatoms. The average Bonchev–Trinajstić information content (AvgIpc) is 2.74. The van der Waals surface area contributed by atoms with Crippen LogP contribution in [0.5, 0.6) is 0 Å². The quantitative estimate of drug-likeness (QED) is 0.193. The van der Waals surface area contributed by atoms with Crippen LogP contribution in [0.2, 0.25) is 0 Å². The molecule has 0 amide bonds. The third-order valence-corrected chi connectivity index (χ3v) is 4.47. The average molecular weight is 436 g/mol. The summed E-state index contributed by atoms with van der Waals surface area (Å²) < 4.78 is 0. The van der Waals surface area contributed by atoms with E-state index in [1.54, 1.807) is 18.5 Å². The maximum absolute atomic E-state index is 5.53. The molecule has 1 aromatic carbocycles. The van der Waals surface area contributed by atoms with E-state index in [1.807, 2.05) is 57.4 Å². The van der Waals surface area contributed by atoms with Crippen molar-refractivity contribution < 1.29 is 0 Å². The molecule has 0 saturated heterocycles. The summed E-state index contributed by atoms with van der Waals surface area (Å²) in [6.07, 6.45) is 12.3. The molecule has 170 valence electrons. The van der Waals surface area contributed by atoms with Crippen molar-refractivity contribution in [3.8, 4) is 0 Å². The molecule has 1 atom stereocenters. The lowest BCUT2D eigenvalue weighted by Gasteiger charge is -2.18. The zero-order valence-electron chi connectivity index (χ0n) is 19.2. The van der Waals surface area contributed by atoms with Crippen LogP contribution in [0.4, 0.5) is 5.69 Å². The van der Waals surface area contributed by atoms with E-state index in [4.69, 9.17) is 11.5 Å². The van der Waals surface area contributed by atoms with Gasteiger partial charge in [-0.3, -0.25) is 10.9 Å². The first-order valence-corrected chi connectivity index (χ1v) is 10.2. The third-order valence-electron chi connectivity index (χ3n) is 4.47. The molecule has 1 aromatic rings. The second-order valence-corrected chi connectivity index (χ2v) is 7.62. The molecule has 6 N–H and O–H groups in total. The van der Waals surface area contributed by atoms with Gasteiger partial charge in [-0.1, -0.05) is 30.9 Å². The zero-order valence-corrected chi connectivity index (χ0v) is 19.2. The van der Waals surface area contributed by atoms with E-state index in [2.05, 4.69) is 55.8 Å². The van der Waals surface area contributed by atoms with Gasteiger partial charge in [-0.15, -0.1) is 0 Å². The lowest BCUT2D eigenvalue weighted by Crippen LogP contribution is -2.24. The molecular formula is C23H33N9. The zero-order chi connectivity index (χ0) is 23.5. The van der Waals surface area contributed by atoms with E-state index in [-0.39, 0.29) is 11.9 Å². The van der Waals surface area contributed by atoms with Gasteiger partial charge in [0.25, 0.3) is 0 Å². The Hall–Kier alpha value is -4.01. The van der Waals surface area contributed by atoms with Gasteiger partial charge in [-0.05, 0) is 30.2 Å². The highest BCUT2D eigenvalue weighted by Gasteiger charge is 2.07. The fraction of sp³-hybridized carbons (Fsp3) is 0.261. The first-order valence-electron chi connectivity index (χ1n) is 10.2. The first-order chi connectivity index (χ1) is 15.2. The molecule has 1 aliphatic rings. The summed E-state index contributed by atoms with van der Waals surface area (Å²) in [5.74, 6) is 0.442. The van der Waals surface area contributed by atoms with E-state index < -0.39 is 0 Å². The highest BCUT2D eigenvalue weighted by atomic mass is 15.3. The summed E-state index contributed by atoms with van der Waals surface area (Å²) in [6, 6.07) is 8.01. The lowest BCUT2D eigenvalue weighted by molar-refractivity contribution is 0.521. The van der Waals surface area contributed by atoms with Crippen molar-refractivity contribution in [3.63, 3.8) is 0 Å². The smallest absolute Gasteiger partial charge is 0.192 e. The van der Waals surface area contributed by atoms with Gasteiger partial charge in [-0.25, -0.2) is 0 Å². The fourth-order valence-corrected chi connectivity index (χ4v) is 2.74. The van der Waals surface area contributed by atoms with Crippen molar-refractivity contribution in [3.05, 3.63) is 77.9 Å². The van der Waals surface area contributed by atoms with Gasteiger partial charge < -0.3 is 21.3 Å². The molecule has 2 rings (SSSR count). The van der Waals surface area contributed by atoms with Crippen LogP contribution in [-0.2, 0) is 0 Å². The molecule has 1 aliphatic carbocycles. The molecule has 0 radical (unpaired) electrons. The monoisotopic (exact) mass is 435 g/mol. The Kier molecular flexibility index (Phi) is 9.09. The second-order valence-electron chi connectivity index (χ2n) is 7.62. The molecular weight excluding hydrogens is 402 g/mol. The minimum Gasteiger partial charge on any atom is -0.378 e. The Morgan fingerprint density at radius 3 is 2.34 bits per heavy atom. The maximum atomic E-state index is 5.53. The van der Waals surface area contributed by atoms with Crippen LogP contribution in [0.3, 0.4) is 0 Å². The number of anilines is 1. The van der Waals surface area contributed by atoms with Crippen LogP contribution < -0.4 is 27.2 Å². The van der Waals surface area contributed by atoms with Crippen LogP contribution in [0, 0.1) is 5.92 Å². The SMILES string of the molecule is C=C(/C=C(\N=C(N)N)N/N=C/C1C=CC(N(C)C)=CC1)N/N=C/c1ccc(N(C)C)cc1. The molecule has 9 nitrogen and oxygen atoms in total. The van der Waals surface area contributed by atoms with Crippen LogP contribution >= 0.6 is 0 Å². The van der Waals surface area contributed by atoms with E-state index in [0.717, 1.165) is 17.7 Å². The van der Waals surface area contributed by atoms with Crippen LogP contribution in [-0.4, -0.2) is 51.5 Å². The number of hydrazone groups is 2. The number of hydrogen-bond acceptors (Lipinski definition) is 7. The maximum Gasteiger partial charge on any atom is 0.192 e. The summed E-state index contributed by atoms with van der Waals surface area (Å²) in [5.41, 5.74) is 20.5. The van der Waals surface area contributed by atoms with Crippen LogP contribution in [0.1, 0.15) is 12.0 Å². The second kappa shape index (κ2) is 12.0. The van der Waals surface area contributed by atoms with E-state index >= 15 is 0 Å². The Morgan fingerprint density at radius 2 is 1.78 bits per heavy atom. The highest BCUT2D eigenvalue weighted by molar-refractivity contribution is 5.80.